The minimum absolute atomic E-state index is 0.281. The molecule has 2 rings (SSSR count). The molecule has 0 saturated carbocycles. The SMILES string of the molecule is CC(C)c1c(Cl)ncnc1-c1cccnc1. The summed E-state index contributed by atoms with van der Waals surface area (Å²) in [7, 11) is 0. The first-order valence-corrected chi connectivity index (χ1v) is 5.48. The number of rotatable bonds is 2. The third-order valence-corrected chi connectivity index (χ3v) is 2.65. The summed E-state index contributed by atoms with van der Waals surface area (Å²) in [6.45, 7) is 4.15. The maximum atomic E-state index is 6.10. The Labute approximate surface area is 99.5 Å². The van der Waals surface area contributed by atoms with Crippen LogP contribution in [-0.4, -0.2) is 15.0 Å². The normalized spacial score (nSPS) is 10.8. The first-order valence-electron chi connectivity index (χ1n) is 5.11. The lowest BCUT2D eigenvalue weighted by Gasteiger charge is -2.12. The molecule has 0 aliphatic carbocycles. The first kappa shape index (κ1) is 11.0. The van der Waals surface area contributed by atoms with E-state index in [1.165, 1.54) is 6.33 Å². The maximum absolute atomic E-state index is 6.10. The fourth-order valence-corrected chi connectivity index (χ4v) is 1.97. The Balaban J connectivity index is 2.61. The summed E-state index contributed by atoms with van der Waals surface area (Å²) in [5, 5.41) is 0.517. The summed E-state index contributed by atoms with van der Waals surface area (Å²) in [4.78, 5) is 12.4. The second kappa shape index (κ2) is 4.58. The molecule has 0 fully saturated rings. The van der Waals surface area contributed by atoms with E-state index in [1.54, 1.807) is 12.4 Å². The van der Waals surface area contributed by atoms with E-state index in [0.29, 0.717) is 5.15 Å². The molecule has 16 heavy (non-hydrogen) atoms. The summed E-state index contributed by atoms with van der Waals surface area (Å²) in [6.07, 6.45) is 5.00. The fourth-order valence-electron chi connectivity index (χ4n) is 1.62. The van der Waals surface area contributed by atoms with Crippen LogP contribution in [0.2, 0.25) is 5.15 Å². The van der Waals surface area contributed by atoms with E-state index in [4.69, 9.17) is 11.6 Å². The van der Waals surface area contributed by atoms with Gasteiger partial charge in [-0.05, 0) is 18.1 Å². The summed E-state index contributed by atoms with van der Waals surface area (Å²) < 4.78 is 0. The molecule has 0 bridgehead atoms. The Bertz CT molecular complexity index is 483. The second-order valence-corrected chi connectivity index (χ2v) is 4.18. The summed E-state index contributed by atoms with van der Waals surface area (Å²) in [6, 6.07) is 3.85. The van der Waals surface area contributed by atoms with E-state index in [0.717, 1.165) is 16.8 Å². The van der Waals surface area contributed by atoms with E-state index in [1.807, 2.05) is 12.1 Å². The van der Waals surface area contributed by atoms with Crippen LogP contribution in [0.1, 0.15) is 25.3 Å². The molecule has 0 aromatic carbocycles. The molecule has 0 spiro atoms. The monoisotopic (exact) mass is 233 g/mol. The van der Waals surface area contributed by atoms with Crippen molar-refractivity contribution in [1.82, 2.24) is 15.0 Å². The molecular weight excluding hydrogens is 222 g/mol. The summed E-state index contributed by atoms with van der Waals surface area (Å²) in [5.41, 5.74) is 2.80. The molecular formula is C12H12ClN3. The van der Waals surface area contributed by atoms with Crippen LogP contribution in [0.5, 0.6) is 0 Å². The minimum Gasteiger partial charge on any atom is -0.264 e. The molecule has 0 atom stereocenters. The van der Waals surface area contributed by atoms with Crippen LogP contribution in [-0.2, 0) is 0 Å². The van der Waals surface area contributed by atoms with Gasteiger partial charge in [0.15, 0.2) is 0 Å². The van der Waals surface area contributed by atoms with Gasteiger partial charge >= 0.3 is 0 Å². The third-order valence-electron chi connectivity index (χ3n) is 2.35. The number of nitrogens with zero attached hydrogens (tertiary/aromatic N) is 3. The van der Waals surface area contributed by atoms with Gasteiger partial charge in [0.2, 0.25) is 0 Å². The van der Waals surface area contributed by atoms with Crippen LogP contribution in [0.15, 0.2) is 30.9 Å². The Hall–Kier alpha value is -1.48. The zero-order chi connectivity index (χ0) is 11.5. The molecule has 0 radical (unpaired) electrons. The van der Waals surface area contributed by atoms with Gasteiger partial charge < -0.3 is 0 Å². The van der Waals surface area contributed by atoms with Gasteiger partial charge in [-0.1, -0.05) is 25.4 Å². The highest BCUT2D eigenvalue weighted by Gasteiger charge is 2.14. The maximum Gasteiger partial charge on any atom is 0.136 e. The van der Waals surface area contributed by atoms with Crippen molar-refractivity contribution in [1.29, 1.82) is 0 Å². The van der Waals surface area contributed by atoms with Crippen molar-refractivity contribution in [3.63, 3.8) is 0 Å². The lowest BCUT2D eigenvalue weighted by molar-refractivity contribution is 0.849. The highest BCUT2D eigenvalue weighted by Crippen LogP contribution is 2.30. The van der Waals surface area contributed by atoms with Gasteiger partial charge in [-0.25, -0.2) is 9.97 Å². The molecule has 2 aromatic rings. The number of aromatic nitrogens is 3. The van der Waals surface area contributed by atoms with Gasteiger partial charge in [-0.3, -0.25) is 4.98 Å². The average Bonchev–Trinajstić information content (AvgIpc) is 2.29. The van der Waals surface area contributed by atoms with Crippen molar-refractivity contribution in [3.05, 3.63) is 41.6 Å². The lowest BCUT2D eigenvalue weighted by Crippen LogP contribution is -1.99. The van der Waals surface area contributed by atoms with Crippen molar-refractivity contribution in [3.8, 4) is 11.3 Å². The average molecular weight is 234 g/mol. The molecule has 2 aromatic heterocycles. The van der Waals surface area contributed by atoms with Crippen LogP contribution in [0.4, 0.5) is 0 Å². The Morgan fingerprint density at radius 3 is 2.69 bits per heavy atom. The zero-order valence-corrected chi connectivity index (χ0v) is 9.94. The van der Waals surface area contributed by atoms with Crippen LogP contribution in [0, 0.1) is 0 Å². The van der Waals surface area contributed by atoms with Crippen molar-refractivity contribution < 1.29 is 0 Å². The van der Waals surface area contributed by atoms with Crippen molar-refractivity contribution >= 4 is 11.6 Å². The molecule has 0 aliphatic heterocycles. The van der Waals surface area contributed by atoms with Crippen molar-refractivity contribution in [2.75, 3.05) is 0 Å². The van der Waals surface area contributed by atoms with Gasteiger partial charge in [-0.15, -0.1) is 0 Å². The molecule has 2 heterocycles. The highest BCUT2D eigenvalue weighted by atomic mass is 35.5. The van der Waals surface area contributed by atoms with Crippen molar-refractivity contribution in [2.24, 2.45) is 0 Å². The van der Waals surface area contributed by atoms with E-state index in [9.17, 15) is 0 Å². The topological polar surface area (TPSA) is 38.7 Å². The molecule has 0 aliphatic rings. The predicted molar refractivity (Wildman–Crippen MR) is 64.4 cm³/mol. The minimum atomic E-state index is 0.281. The zero-order valence-electron chi connectivity index (χ0n) is 9.18. The van der Waals surface area contributed by atoms with E-state index >= 15 is 0 Å². The largest absolute Gasteiger partial charge is 0.264 e. The Morgan fingerprint density at radius 1 is 1.25 bits per heavy atom. The van der Waals surface area contributed by atoms with Gasteiger partial charge in [0.25, 0.3) is 0 Å². The van der Waals surface area contributed by atoms with Gasteiger partial charge in [-0.2, -0.15) is 0 Å². The summed E-state index contributed by atoms with van der Waals surface area (Å²) >= 11 is 6.10. The Morgan fingerprint density at radius 2 is 2.06 bits per heavy atom. The number of pyridine rings is 1. The fraction of sp³-hybridized carbons (Fsp3) is 0.250. The van der Waals surface area contributed by atoms with E-state index < -0.39 is 0 Å². The molecule has 0 saturated heterocycles. The second-order valence-electron chi connectivity index (χ2n) is 3.82. The van der Waals surface area contributed by atoms with Crippen LogP contribution >= 0.6 is 11.6 Å². The first-order chi connectivity index (χ1) is 7.70. The summed E-state index contributed by atoms with van der Waals surface area (Å²) in [5.74, 6) is 0.281. The molecule has 3 nitrogen and oxygen atoms in total. The number of halogens is 1. The highest BCUT2D eigenvalue weighted by molar-refractivity contribution is 6.30. The van der Waals surface area contributed by atoms with Crippen LogP contribution in [0.25, 0.3) is 11.3 Å². The van der Waals surface area contributed by atoms with Crippen LogP contribution < -0.4 is 0 Å². The van der Waals surface area contributed by atoms with Gasteiger partial charge in [0.1, 0.15) is 11.5 Å². The standard InChI is InChI=1S/C12H12ClN3/c1-8(2)10-11(15-7-16-12(10)13)9-4-3-5-14-6-9/h3-8H,1-2H3. The third kappa shape index (κ3) is 2.04. The molecule has 0 N–H and O–H groups in total. The van der Waals surface area contributed by atoms with Crippen LogP contribution in [0.3, 0.4) is 0 Å². The van der Waals surface area contributed by atoms with E-state index in [-0.39, 0.29) is 5.92 Å². The smallest absolute Gasteiger partial charge is 0.136 e. The van der Waals surface area contributed by atoms with E-state index in [2.05, 4.69) is 28.8 Å². The quantitative estimate of drug-likeness (QED) is 0.747. The lowest BCUT2D eigenvalue weighted by atomic mass is 10.00. The number of hydrogen-bond donors (Lipinski definition) is 0. The molecule has 0 amide bonds. The van der Waals surface area contributed by atoms with Crippen molar-refractivity contribution in [2.45, 2.75) is 19.8 Å². The van der Waals surface area contributed by atoms with Gasteiger partial charge in [0, 0.05) is 23.5 Å². The molecule has 82 valence electrons. The molecule has 0 unspecified atom stereocenters. The molecule has 4 heteroatoms. The van der Waals surface area contributed by atoms with Gasteiger partial charge in [0.05, 0.1) is 5.69 Å². The predicted octanol–water partition coefficient (Wildman–Crippen LogP) is 3.32. The number of hydrogen-bond acceptors (Lipinski definition) is 3. The Kier molecular flexibility index (Phi) is 3.15.